The van der Waals surface area contributed by atoms with Crippen LogP contribution in [-0.4, -0.2) is 41.7 Å². The van der Waals surface area contributed by atoms with Crippen molar-refractivity contribution in [2.24, 2.45) is 0 Å². The van der Waals surface area contributed by atoms with E-state index in [0.717, 1.165) is 12.8 Å². The Morgan fingerprint density at radius 2 is 2.16 bits per heavy atom. The number of amides is 1. The molecule has 1 aromatic rings. The van der Waals surface area contributed by atoms with E-state index in [0.29, 0.717) is 30.9 Å². The smallest absolute Gasteiger partial charge is 0.256 e. The predicted octanol–water partition coefficient (Wildman–Crippen LogP) is 1.62. The number of ether oxygens (including phenoxy) is 1. The number of phenols is 1. The van der Waals surface area contributed by atoms with Gasteiger partial charge in [-0.2, -0.15) is 0 Å². The van der Waals surface area contributed by atoms with Gasteiger partial charge in [0.25, 0.3) is 5.91 Å². The van der Waals surface area contributed by atoms with Crippen LogP contribution >= 0.6 is 0 Å². The van der Waals surface area contributed by atoms with Crippen molar-refractivity contribution < 1.29 is 14.6 Å². The summed E-state index contributed by atoms with van der Waals surface area (Å²) in [4.78, 5) is 14.1. The summed E-state index contributed by atoms with van der Waals surface area (Å²) in [5, 5.41) is 9.45. The molecular formula is C14H20N2O3. The highest BCUT2D eigenvalue weighted by Gasteiger charge is 2.25. The van der Waals surface area contributed by atoms with Crippen molar-refractivity contribution in [1.82, 2.24) is 4.90 Å². The third-order valence-corrected chi connectivity index (χ3v) is 3.40. The van der Waals surface area contributed by atoms with Crippen LogP contribution in [0.15, 0.2) is 18.2 Å². The SMILES string of the molecule is CCOC1CCN(C(=O)c2cc(O)ccc2N)CC1. The van der Waals surface area contributed by atoms with Gasteiger partial charge in [-0.05, 0) is 38.0 Å². The van der Waals surface area contributed by atoms with Crippen molar-refractivity contribution >= 4 is 11.6 Å². The van der Waals surface area contributed by atoms with E-state index in [1.165, 1.54) is 12.1 Å². The summed E-state index contributed by atoms with van der Waals surface area (Å²) in [6, 6.07) is 4.45. The van der Waals surface area contributed by atoms with E-state index in [9.17, 15) is 9.90 Å². The second-order valence-corrected chi connectivity index (χ2v) is 4.72. The van der Waals surface area contributed by atoms with Crippen LogP contribution in [0.4, 0.5) is 5.69 Å². The van der Waals surface area contributed by atoms with Crippen molar-refractivity contribution in [2.45, 2.75) is 25.9 Å². The van der Waals surface area contributed by atoms with Crippen LogP contribution in [0.5, 0.6) is 5.75 Å². The molecule has 5 heteroatoms. The van der Waals surface area contributed by atoms with E-state index in [-0.39, 0.29) is 17.8 Å². The monoisotopic (exact) mass is 264 g/mol. The van der Waals surface area contributed by atoms with Gasteiger partial charge in [0.15, 0.2) is 0 Å². The number of nitrogen functional groups attached to an aromatic ring is 1. The van der Waals surface area contributed by atoms with Crippen LogP contribution in [0.25, 0.3) is 0 Å². The molecular weight excluding hydrogens is 244 g/mol. The van der Waals surface area contributed by atoms with Gasteiger partial charge in [-0.15, -0.1) is 0 Å². The number of aromatic hydroxyl groups is 1. The third-order valence-electron chi connectivity index (χ3n) is 3.40. The van der Waals surface area contributed by atoms with E-state index >= 15 is 0 Å². The summed E-state index contributed by atoms with van der Waals surface area (Å²) in [7, 11) is 0. The molecule has 0 bridgehead atoms. The lowest BCUT2D eigenvalue weighted by Crippen LogP contribution is -2.41. The number of benzene rings is 1. The minimum absolute atomic E-state index is 0.0572. The molecule has 1 aliphatic heterocycles. The molecule has 1 heterocycles. The molecule has 5 nitrogen and oxygen atoms in total. The number of carbonyl (C=O) groups excluding carboxylic acids is 1. The number of likely N-dealkylation sites (tertiary alicyclic amines) is 1. The lowest BCUT2D eigenvalue weighted by molar-refractivity contribution is 0.0146. The van der Waals surface area contributed by atoms with Crippen LogP contribution in [0.3, 0.4) is 0 Å². The average molecular weight is 264 g/mol. The van der Waals surface area contributed by atoms with Crippen molar-refractivity contribution in [1.29, 1.82) is 0 Å². The quantitative estimate of drug-likeness (QED) is 0.642. The first-order chi connectivity index (χ1) is 9.11. The molecule has 19 heavy (non-hydrogen) atoms. The second-order valence-electron chi connectivity index (χ2n) is 4.72. The van der Waals surface area contributed by atoms with E-state index in [2.05, 4.69) is 0 Å². The molecule has 0 aliphatic carbocycles. The van der Waals surface area contributed by atoms with Gasteiger partial charge in [0.05, 0.1) is 11.7 Å². The van der Waals surface area contributed by atoms with Gasteiger partial charge in [0, 0.05) is 25.4 Å². The first-order valence-electron chi connectivity index (χ1n) is 6.61. The molecule has 0 atom stereocenters. The maximum absolute atomic E-state index is 12.3. The minimum atomic E-state index is -0.122. The first-order valence-corrected chi connectivity index (χ1v) is 6.61. The van der Waals surface area contributed by atoms with E-state index in [1.807, 2.05) is 6.92 Å². The zero-order valence-corrected chi connectivity index (χ0v) is 11.1. The number of nitrogens with zero attached hydrogens (tertiary/aromatic N) is 1. The zero-order chi connectivity index (χ0) is 13.8. The molecule has 0 unspecified atom stereocenters. The minimum Gasteiger partial charge on any atom is -0.508 e. The fourth-order valence-corrected chi connectivity index (χ4v) is 2.36. The molecule has 0 aromatic heterocycles. The Labute approximate surface area is 113 Å². The highest BCUT2D eigenvalue weighted by molar-refractivity contribution is 5.99. The molecule has 0 spiro atoms. The highest BCUT2D eigenvalue weighted by atomic mass is 16.5. The second kappa shape index (κ2) is 5.93. The fraction of sp³-hybridized carbons (Fsp3) is 0.500. The third kappa shape index (κ3) is 3.17. The Hall–Kier alpha value is -1.75. The number of piperidine rings is 1. The van der Waals surface area contributed by atoms with Gasteiger partial charge < -0.3 is 20.5 Å². The maximum atomic E-state index is 12.3. The Bertz CT molecular complexity index is 454. The Balaban J connectivity index is 2.03. The molecule has 3 N–H and O–H groups in total. The summed E-state index contributed by atoms with van der Waals surface area (Å²) < 4.78 is 5.56. The van der Waals surface area contributed by atoms with Gasteiger partial charge >= 0.3 is 0 Å². The van der Waals surface area contributed by atoms with Crippen LogP contribution in [0.1, 0.15) is 30.1 Å². The van der Waals surface area contributed by atoms with Crippen molar-refractivity contribution in [3.63, 3.8) is 0 Å². The topological polar surface area (TPSA) is 75.8 Å². The summed E-state index contributed by atoms with van der Waals surface area (Å²) >= 11 is 0. The molecule has 104 valence electrons. The first kappa shape index (κ1) is 13.7. The average Bonchev–Trinajstić information content (AvgIpc) is 2.42. The van der Waals surface area contributed by atoms with Crippen LogP contribution in [0.2, 0.25) is 0 Å². The number of nitrogens with two attached hydrogens (primary N) is 1. The maximum Gasteiger partial charge on any atom is 0.256 e. The zero-order valence-electron chi connectivity index (χ0n) is 11.1. The Kier molecular flexibility index (Phi) is 4.27. The highest BCUT2D eigenvalue weighted by Crippen LogP contribution is 2.22. The number of hydrogen-bond donors (Lipinski definition) is 2. The van der Waals surface area contributed by atoms with Gasteiger partial charge in [0.2, 0.25) is 0 Å². The van der Waals surface area contributed by atoms with Crippen molar-refractivity contribution in [2.75, 3.05) is 25.4 Å². The molecule has 1 aliphatic rings. The summed E-state index contributed by atoms with van der Waals surface area (Å²) in [5.74, 6) is -0.0647. The van der Waals surface area contributed by atoms with Gasteiger partial charge in [-0.25, -0.2) is 0 Å². The van der Waals surface area contributed by atoms with Gasteiger partial charge in [0.1, 0.15) is 5.75 Å². The molecule has 0 radical (unpaired) electrons. The number of hydrogen-bond acceptors (Lipinski definition) is 4. The molecule has 1 amide bonds. The predicted molar refractivity (Wildman–Crippen MR) is 73.1 cm³/mol. The summed E-state index contributed by atoms with van der Waals surface area (Å²) in [6.45, 7) is 4.01. The lowest BCUT2D eigenvalue weighted by atomic mass is 10.1. The number of phenolic OH excluding ortho intramolecular Hbond substituents is 1. The number of rotatable bonds is 3. The Morgan fingerprint density at radius 1 is 1.47 bits per heavy atom. The number of carbonyl (C=O) groups is 1. The number of anilines is 1. The molecule has 1 aromatic carbocycles. The molecule has 1 fully saturated rings. The van der Waals surface area contributed by atoms with Gasteiger partial charge in [-0.1, -0.05) is 0 Å². The molecule has 1 saturated heterocycles. The van der Waals surface area contributed by atoms with E-state index < -0.39 is 0 Å². The van der Waals surface area contributed by atoms with E-state index in [4.69, 9.17) is 10.5 Å². The van der Waals surface area contributed by atoms with E-state index in [1.54, 1.807) is 11.0 Å². The largest absolute Gasteiger partial charge is 0.508 e. The summed E-state index contributed by atoms with van der Waals surface area (Å²) in [6.07, 6.45) is 1.94. The van der Waals surface area contributed by atoms with Crippen LogP contribution in [0, 0.1) is 0 Å². The summed E-state index contributed by atoms with van der Waals surface area (Å²) in [5.41, 5.74) is 6.56. The fourth-order valence-electron chi connectivity index (χ4n) is 2.36. The standard InChI is InChI=1S/C14H20N2O3/c1-2-19-11-5-7-16(8-6-11)14(18)12-9-10(17)3-4-13(12)15/h3-4,9,11,17H,2,5-8,15H2,1H3. The van der Waals surface area contributed by atoms with Crippen LogP contribution in [-0.2, 0) is 4.74 Å². The van der Waals surface area contributed by atoms with Gasteiger partial charge in [-0.3, -0.25) is 4.79 Å². The normalized spacial score (nSPS) is 16.6. The van der Waals surface area contributed by atoms with Crippen molar-refractivity contribution in [3.05, 3.63) is 23.8 Å². The molecule has 0 saturated carbocycles. The molecule has 2 rings (SSSR count). The lowest BCUT2D eigenvalue weighted by Gasteiger charge is -2.32. The van der Waals surface area contributed by atoms with Crippen LogP contribution < -0.4 is 5.73 Å². The van der Waals surface area contributed by atoms with Crippen molar-refractivity contribution in [3.8, 4) is 5.75 Å². The Morgan fingerprint density at radius 3 is 2.79 bits per heavy atom.